The number of nitrogens with zero attached hydrogens (tertiary/aromatic N) is 1. The zero-order chi connectivity index (χ0) is 12.0. The predicted molar refractivity (Wildman–Crippen MR) is 60.7 cm³/mol. The summed E-state index contributed by atoms with van der Waals surface area (Å²) < 4.78 is 24.5. The van der Waals surface area contributed by atoms with E-state index in [2.05, 4.69) is 0 Å². The maximum Gasteiger partial charge on any atom is 0.251 e. The van der Waals surface area contributed by atoms with E-state index in [0.29, 0.717) is 6.54 Å². The Morgan fingerprint density at radius 1 is 1.19 bits per heavy atom. The maximum atomic E-state index is 12.2. The Labute approximate surface area is 96.6 Å². The van der Waals surface area contributed by atoms with Gasteiger partial charge >= 0.3 is 0 Å². The average molecular weight is 235 g/mol. The van der Waals surface area contributed by atoms with Gasteiger partial charge in [0.05, 0.1) is 6.54 Å². The summed E-state index contributed by atoms with van der Waals surface area (Å²) in [4.78, 5) is 1.66. The molecule has 1 N–H and O–H groups in total. The Morgan fingerprint density at radius 3 is 2.19 bits per heavy atom. The summed E-state index contributed by atoms with van der Waals surface area (Å²) in [5, 5.41) is 9.54. The Morgan fingerprint density at radius 2 is 1.75 bits per heavy atom. The minimum absolute atomic E-state index is 0.126. The van der Waals surface area contributed by atoms with E-state index in [1.165, 1.54) is 12.8 Å². The SMILES string of the molecule is CN(CC(F)F)CC1(CO)CCCCCC1. The third kappa shape index (κ3) is 4.34. The van der Waals surface area contributed by atoms with Crippen LogP contribution in [0.5, 0.6) is 0 Å². The second-order valence-corrected chi connectivity index (χ2v) is 5.16. The molecule has 0 unspecified atom stereocenters. The Balaban J connectivity index is 2.50. The molecule has 2 nitrogen and oxygen atoms in total. The first-order valence-electron chi connectivity index (χ1n) is 6.15. The van der Waals surface area contributed by atoms with Crippen LogP contribution in [-0.2, 0) is 0 Å². The molecule has 0 spiro atoms. The van der Waals surface area contributed by atoms with E-state index in [1.807, 2.05) is 0 Å². The molecule has 0 aromatic heterocycles. The van der Waals surface area contributed by atoms with Crippen molar-refractivity contribution in [2.24, 2.45) is 5.41 Å². The van der Waals surface area contributed by atoms with Crippen molar-refractivity contribution in [2.75, 3.05) is 26.7 Å². The highest BCUT2D eigenvalue weighted by molar-refractivity contribution is 4.83. The zero-order valence-corrected chi connectivity index (χ0v) is 10.1. The molecule has 0 saturated heterocycles. The number of hydrogen-bond acceptors (Lipinski definition) is 2. The lowest BCUT2D eigenvalue weighted by atomic mass is 9.80. The second-order valence-electron chi connectivity index (χ2n) is 5.16. The summed E-state index contributed by atoms with van der Waals surface area (Å²) in [6.45, 7) is 0.524. The molecule has 0 aliphatic heterocycles. The molecule has 0 heterocycles. The van der Waals surface area contributed by atoms with Crippen molar-refractivity contribution in [2.45, 2.75) is 45.0 Å². The fourth-order valence-corrected chi connectivity index (χ4v) is 2.72. The first-order chi connectivity index (χ1) is 7.58. The fourth-order valence-electron chi connectivity index (χ4n) is 2.72. The van der Waals surface area contributed by atoms with Gasteiger partial charge in [0.25, 0.3) is 6.43 Å². The molecule has 0 radical (unpaired) electrons. The van der Waals surface area contributed by atoms with Crippen molar-refractivity contribution < 1.29 is 13.9 Å². The van der Waals surface area contributed by atoms with Crippen molar-refractivity contribution in [1.82, 2.24) is 4.90 Å². The van der Waals surface area contributed by atoms with Gasteiger partial charge in [0, 0.05) is 18.6 Å². The van der Waals surface area contributed by atoms with Crippen LogP contribution in [0.2, 0.25) is 0 Å². The zero-order valence-electron chi connectivity index (χ0n) is 10.1. The highest BCUT2D eigenvalue weighted by atomic mass is 19.3. The molecular weight excluding hydrogens is 212 g/mol. The molecule has 0 aromatic rings. The van der Waals surface area contributed by atoms with Crippen molar-refractivity contribution in [3.05, 3.63) is 0 Å². The Hall–Kier alpha value is -0.220. The largest absolute Gasteiger partial charge is 0.396 e. The van der Waals surface area contributed by atoms with Crippen molar-refractivity contribution in [1.29, 1.82) is 0 Å². The number of hydrogen-bond donors (Lipinski definition) is 1. The topological polar surface area (TPSA) is 23.5 Å². The number of rotatable bonds is 5. The Kier molecular flexibility index (Phi) is 5.62. The minimum atomic E-state index is -2.29. The second kappa shape index (κ2) is 6.50. The standard InChI is InChI=1S/C12H23F2NO/c1-15(8-11(13)14)9-12(10-16)6-4-2-3-5-7-12/h11,16H,2-10H2,1H3. The molecule has 1 saturated carbocycles. The smallest absolute Gasteiger partial charge is 0.251 e. The third-order valence-corrected chi connectivity index (χ3v) is 3.55. The van der Waals surface area contributed by atoms with Crippen molar-refractivity contribution in [3.63, 3.8) is 0 Å². The molecule has 0 aromatic carbocycles. The van der Waals surface area contributed by atoms with Gasteiger partial charge in [0.2, 0.25) is 0 Å². The maximum absolute atomic E-state index is 12.2. The van der Waals surface area contributed by atoms with Crippen molar-refractivity contribution >= 4 is 0 Å². The van der Waals surface area contributed by atoms with Crippen LogP contribution < -0.4 is 0 Å². The molecule has 1 aliphatic rings. The first kappa shape index (κ1) is 13.8. The third-order valence-electron chi connectivity index (χ3n) is 3.55. The summed E-state index contributed by atoms with van der Waals surface area (Å²) in [5.41, 5.74) is -0.139. The van der Waals surface area contributed by atoms with Gasteiger partial charge in [-0.2, -0.15) is 0 Å². The van der Waals surface area contributed by atoms with Crippen LogP contribution in [0.1, 0.15) is 38.5 Å². The summed E-state index contributed by atoms with van der Waals surface area (Å²) in [7, 11) is 1.72. The lowest BCUT2D eigenvalue weighted by Gasteiger charge is -2.34. The van der Waals surface area contributed by atoms with Gasteiger partial charge in [-0.05, 0) is 19.9 Å². The van der Waals surface area contributed by atoms with E-state index in [9.17, 15) is 13.9 Å². The normalized spacial score (nSPS) is 21.4. The van der Waals surface area contributed by atoms with Crippen LogP contribution in [0.4, 0.5) is 8.78 Å². The molecular formula is C12H23F2NO. The van der Waals surface area contributed by atoms with Crippen LogP contribution in [0.25, 0.3) is 0 Å². The fraction of sp³-hybridized carbons (Fsp3) is 1.00. The molecule has 1 fully saturated rings. The van der Waals surface area contributed by atoms with E-state index < -0.39 is 6.43 Å². The van der Waals surface area contributed by atoms with E-state index in [0.717, 1.165) is 25.7 Å². The number of aliphatic hydroxyl groups excluding tert-OH is 1. The van der Waals surface area contributed by atoms with Gasteiger partial charge in [-0.25, -0.2) is 8.78 Å². The van der Waals surface area contributed by atoms with Gasteiger partial charge in [-0.3, -0.25) is 0 Å². The molecule has 0 bridgehead atoms. The first-order valence-corrected chi connectivity index (χ1v) is 6.15. The number of alkyl halides is 2. The molecule has 96 valence electrons. The van der Waals surface area contributed by atoms with E-state index in [-0.39, 0.29) is 18.6 Å². The van der Waals surface area contributed by atoms with E-state index in [1.54, 1.807) is 11.9 Å². The molecule has 4 heteroatoms. The Bertz CT molecular complexity index is 191. The molecule has 1 aliphatic carbocycles. The minimum Gasteiger partial charge on any atom is -0.396 e. The van der Waals surface area contributed by atoms with Crippen LogP contribution in [-0.4, -0.2) is 43.2 Å². The van der Waals surface area contributed by atoms with Crippen LogP contribution in [0.3, 0.4) is 0 Å². The molecule has 0 atom stereocenters. The van der Waals surface area contributed by atoms with Gasteiger partial charge in [0.15, 0.2) is 0 Å². The summed E-state index contributed by atoms with van der Waals surface area (Å²) >= 11 is 0. The van der Waals surface area contributed by atoms with Gasteiger partial charge in [0.1, 0.15) is 0 Å². The van der Waals surface area contributed by atoms with Gasteiger partial charge < -0.3 is 10.0 Å². The monoisotopic (exact) mass is 235 g/mol. The van der Waals surface area contributed by atoms with Gasteiger partial charge in [-0.1, -0.05) is 25.7 Å². The summed E-state index contributed by atoms with van der Waals surface area (Å²) in [6.07, 6.45) is 4.30. The number of halogens is 2. The summed E-state index contributed by atoms with van der Waals surface area (Å²) in [5.74, 6) is 0. The predicted octanol–water partition coefficient (Wildman–Crippen LogP) is 2.52. The number of aliphatic hydroxyl groups is 1. The quantitative estimate of drug-likeness (QED) is 0.740. The molecule has 16 heavy (non-hydrogen) atoms. The molecule has 1 rings (SSSR count). The van der Waals surface area contributed by atoms with Gasteiger partial charge in [-0.15, -0.1) is 0 Å². The van der Waals surface area contributed by atoms with E-state index in [4.69, 9.17) is 0 Å². The lowest BCUT2D eigenvalue weighted by Crippen LogP contribution is -2.40. The van der Waals surface area contributed by atoms with Crippen LogP contribution in [0, 0.1) is 5.41 Å². The molecule has 0 amide bonds. The summed E-state index contributed by atoms with van der Waals surface area (Å²) in [6, 6.07) is 0. The van der Waals surface area contributed by atoms with Crippen LogP contribution in [0.15, 0.2) is 0 Å². The highest BCUT2D eigenvalue weighted by Crippen LogP contribution is 2.35. The average Bonchev–Trinajstić information content (AvgIpc) is 2.43. The van der Waals surface area contributed by atoms with Crippen molar-refractivity contribution in [3.8, 4) is 0 Å². The van der Waals surface area contributed by atoms with E-state index >= 15 is 0 Å². The lowest BCUT2D eigenvalue weighted by molar-refractivity contribution is 0.0384. The highest BCUT2D eigenvalue weighted by Gasteiger charge is 2.31. The van der Waals surface area contributed by atoms with Crippen LogP contribution >= 0.6 is 0 Å².